The predicted octanol–water partition coefficient (Wildman–Crippen LogP) is 2.18. The van der Waals surface area contributed by atoms with E-state index in [1.54, 1.807) is 24.3 Å². The third kappa shape index (κ3) is 4.95. The first-order chi connectivity index (χ1) is 10.1. The van der Waals surface area contributed by atoms with Crippen molar-refractivity contribution >= 4 is 18.0 Å². The Morgan fingerprint density at radius 1 is 1.14 bits per heavy atom. The summed E-state index contributed by atoms with van der Waals surface area (Å²) in [5.74, 6) is -0.361. The minimum atomic E-state index is -0.984. The van der Waals surface area contributed by atoms with Gasteiger partial charge in [-0.3, -0.25) is 4.79 Å². The number of rotatable bonds is 5. The molecule has 1 aromatic carbocycles. The average molecular weight is 289 g/mol. The maximum atomic E-state index is 11.9. The minimum Gasteiger partial charge on any atom is -0.484 e. The summed E-state index contributed by atoms with van der Waals surface area (Å²) >= 11 is 0. The van der Waals surface area contributed by atoms with Gasteiger partial charge in [-0.25, -0.2) is 4.79 Å². The Balaban J connectivity index is 1.83. The van der Waals surface area contributed by atoms with Crippen LogP contribution >= 0.6 is 0 Å². The van der Waals surface area contributed by atoms with E-state index < -0.39 is 5.97 Å². The van der Waals surface area contributed by atoms with Gasteiger partial charge in [-0.2, -0.15) is 0 Å². The maximum absolute atomic E-state index is 11.9. The van der Waals surface area contributed by atoms with Crippen LogP contribution in [0.4, 0.5) is 0 Å². The Hall–Kier alpha value is -2.30. The first kappa shape index (κ1) is 15.1. The molecule has 1 aromatic rings. The highest BCUT2D eigenvalue weighted by atomic mass is 16.5. The number of carbonyl (C=O) groups excluding carboxylic acids is 1. The quantitative estimate of drug-likeness (QED) is 0.844. The number of ether oxygens (including phenoxy) is 1. The molecule has 5 heteroatoms. The van der Waals surface area contributed by atoms with E-state index in [0.29, 0.717) is 5.75 Å². The van der Waals surface area contributed by atoms with Crippen molar-refractivity contribution in [3.8, 4) is 5.75 Å². The lowest BCUT2D eigenvalue weighted by molar-refractivity contribution is -0.134. The van der Waals surface area contributed by atoms with Gasteiger partial charge in [0.1, 0.15) is 5.75 Å². The molecule has 1 heterocycles. The number of aliphatic carboxylic acids is 1. The van der Waals surface area contributed by atoms with Crippen LogP contribution in [0.15, 0.2) is 30.3 Å². The van der Waals surface area contributed by atoms with Gasteiger partial charge in [-0.1, -0.05) is 12.1 Å². The molecule has 0 spiro atoms. The van der Waals surface area contributed by atoms with Gasteiger partial charge >= 0.3 is 5.97 Å². The number of carbonyl (C=O) groups is 2. The number of carboxylic acids is 1. The molecular formula is C16H19NO4. The number of likely N-dealkylation sites (tertiary alicyclic amines) is 1. The van der Waals surface area contributed by atoms with E-state index in [2.05, 4.69) is 0 Å². The Labute approximate surface area is 123 Å². The van der Waals surface area contributed by atoms with Crippen molar-refractivity contribution in [2.24, 2.45) is 0 Å². The van der Waals surface area contributed by atoms with Crippen LogP contribution < -0.4 is 4.74 Å². The van der Waals surface area contributed by atoms with Gasteiger partial charge in [0.05, 0.1) is 0 Å². The van der Waals surface area contributed by atoms with E-state index in [1.807, 2.05) is 4.90 Å². The Bertz CT molecular complexity index is 516. The number of nitrogens with zero attached hydrogens (tertiary/aromatic N) is 1. The van der Waals surface area contributed by atoms with E-state index in [1.165, 1.54) is 12.5 Å². The van der Waals surface area contributed by atoms with E-state index in [0.717, 1.165) is 37.6 Å². The fourth-order valence-corrected chi connectivity index (χ4v) is 2.22. The highest BCUT2D eigenvalue weighted by Crippen LogP contribution is 2.14. The molecule has 1 amide bonds. The summed E-state index contributed by atoms with van der Waals surface area (Å²) in [5, 5.41) is 8.54. The molecule has 0 saturated carbocycles. The van der Waals surface area contributed by atoms with Crippen LogP contribution in [0.1, 0.15) is 24.8 Å². The van der Waals surface area contributed by atoms with E-state index in [4.69, 9.17) is 9.84 Å². The van der Waals surface area contributed by atoms with E-state index >= 15 is 0 Å². The SMILES string of the molecule is O=C(O)/C=C/c1ccc(OCC(=O)N2CCCCC2)cc1. The van der Waals surface area contributed by atoms with Crippen molar-refractivity contribution in [2.45, 2.75) is 19.3 Å². The van der Waals surface area contributed by atoms with Crippen molar-refractivity contribution in [3.05, 3.63) is 35.9 Å². The molecule has 1 N–H and O–H groups in total. The largest absolute Gasteiger partial charge is 0.484 e. The smallest absolute Gasteiger partial charge is 0.328 e. The Kier molecular flexibility index (Phi) is 5.37. The highest BCUT2D eigenvalue weighted by molar-refractivity contribution is 5.85. The van der Waals surface area contributed by atoms with Crippen LogP contribution in [0.2, 0.25) is 0 Å². The number of piperidine rings is 1. The lowest BCUT2D eigenvalue weighted by Gasteiger charge is -2.26. The lowest BCUT2D eigenvalue weighted by Crippen LogP contribution is -2.38. The average Bonchev–Trinajstić information content (AvgIpc) is 2.52. The maximum Gasteiger partial charge on any atom is 0.328 e. The van der Waals surface area contributed by atoms with Crippen LogP contribution in [0.3, 0.4) is 0 Å². The van der Waals surface area contributed by atoms with Gasteiger partial charge in [-0.15, -0.1) is 0 Å². The van der Waals surface area contributed by atoms with E-state index in [9.17, 15) is 9.59 Å². The fraction of sp³-hybridized carbons (Fsp3) is 0.375. The van der Waals surface area contributed by atoms with Crippen LogP contribution in [-0.2, 0) is 9.59 Å². The van der Waals surface area contributed by atoms with Crippen molar-refractivity contribution < 1.29 is 19.4 Å². The lowest BCUT2D eigenvalue weighted by atomic mass is 10.1. The second kappa shape index (κ2) is 7.47. The van der Waals surface area contributed by atoms with Crippen molar-refractivity contribution in [3.63, 3.8) is 0 Å². The summed E-state index contributed by atoms with van der Waals surface area (Å²) in [6.45, 7) is 1.69. The zero-order chi connectivity index (χ0) is 15.1. The highest BCUT2D eigenvalue weighted by Gasteiger charge is 2.16. The van der Waals surface area contributed by atoms with Crippen LogP contribution in [0, 0.1) is 0 Å². The summed E-state index contributed by atoms with van der Waals surface area (Å²) in [6.07, 6.45) is 5.91. The van der Waals surface area contributed by atoms with Crippen LogP contribution in [-0.4, -0.2) is 41.6 Å². The molecule has 21 heavy (non-hydrogen) atoms. The summed E-state index contributed by atoms with van der Waals surface area (Å²) in [5.41, 5.74) is 0.770. The van der Waals surface area contributed by atoms with Gasteiger partial charge in [0.2, 0.25) is 0 Å². The molecule has 0 atom stereocenters. The fourth-order valence-electron chi connectivity index (χ4n) is 2.22. The first-order valence-corrected chi connectivity index (χ1v) is 7.07. The third-order valence-corrected chi connectivity index (χ3v) is 3.37. The van der Waals surface area contributed by atoms with Gasteiger partial charge in [-0.05, 0) is 43.0 Å². The molecule has 0 unspecified atom stereocenters. The van der Waals surface area contributed by atoms with Gasteiger partial charge in [0.15, 0.2) is 6.61 Å². The molecule has 1 aliphatic rings. The number of hydrogen-bond acceptors (Lipinski definition) is 3. The molecule has 0 aliphatic carbocycles. The normalized spacial score (nSPS) is 15.1. The van der Waals surface area contributed by atoms with Crippen LogP contribution in [0.5, 0.6) is 5.75 Å². The molecule has 0 bridgehead atoms. The molecular weight excluding hydrogens is 270 g/mol. The summed E-state index contributed by atoms with van der Waals surface area (Å²) < 4.78 is 5.47. The summed E-state index contributed by atoms with van der Waals surface area (Å²) in [6, 6.07) is 6.95. The predicted molar refractivity (Wildman–Crippen MR) is 79.0 cm³/mol. The molecule has 0 radical (unpaired) electrons. The molecule has 1 fully saturated rings. The number of hydrogen-bond donors (Lipinski definition) is 1. The molecule has 1 aliphatic heterocycles. The zero-order valence-corrected chi connectivity index (χ0v) is 11.8. The Morgan fingerprint density at radius 3 is 2.43 bits per heavy atom. The number of benzene rings is 1. The van der Waals surface area contributed by atoms with Gasteiger partial charge in [0, 0.05) is 19.2 Å². The van der Waals surface area contributed by atoms with Crippen molar-refractivity contribution in [1.82, 2.24) is 4.90 Å². The van der Waals surface area contributed by atoms with Gasteiger partial charge < -0.3 is 14.7 Å². The summed E-state index contributed by atoms with van der Waals surface area (Å²) in [7, 11) is 0. The van der Waals surface area contributed by atoms with Crippen molar-refractivity contribution in [2.75, 3.05) is 19.7 Å². The van der Waals surface area contributed by atoms with E-state index in [-0.39, 0.29) is 12.5 Å². The standard InChI is InChI=1S/C16H19NO4/c18-15(17-10-2-1-3-11-17)12-21-14-7-4-13(5-8-14)6-9-16(19)20/h4-9H,1-3,10-12H2,(H,19,20)/b9-6+. The molecule has 112 valence electrons. The Morgan fingerprint density at radius 2 is 1.81 bits per heavy atom. The van der Waals surface area contributed by atoms with Crippen LogP contribution in [0.25, 0.3) is 6.08 Å². The monoisotopic (exact) mass is 289 g/mol. The molecule has 2 rings (SSSR count). The van der Waals surface area contributed by atoms with Crippen molar-refractivity contribution in [1.29, 1.82) is 0 Å². The first-order valence-electron chi connectivity index (χ1n) is 7.07. The molecule has 0 aromatic heterocycles. The molecule has 1 saturated heterocycles. The summed E-state index contributed by atoms with van der Waals surface area (Å²) in [4.78, 5) is 24.2. The number of carboxylic acid groups (broad SMARTS) is 1. The van der Waals surface area contributed by atoms with Gasteiger partial charge in [0.25, 0.3) is 5.91 Å². The molecule has 5 nitrogen and oxygen atoms in total. The topological polar surface area (TPSA) is 66.8 Å². The minimum absolute atomic E-state index is 0.0181. The second-order valence-electron chi connectivity index (χ2n) is 4.97. The third-order valence-electron chi connectivity index (χ3n) is 3.37. The number of amides is 1. The zero-order valence-electron chi connectivity index (χ0n) is 11.8. The second-order valence-corrected chi connectivity index (χ2v) is 4.97.